The molecule has 0 bridgehead atoms. The van der Waals surface area contributed by atoms with Crippen molar-refractivity contribution >= 4 is 16.7 Å². The lowest BCUT2D eigenvalue weighted by molar-refractivity contribution is 0.496. The molecular weight excluding hydrogens is 353 g/mol. The summed E-state index contributed by atoms with van der Waals surface area (Å²) in [4.78, 5) is 13.1. The van der Waals surface area contributed by atoms with Crippen LogP contribution < -0.4 is 5.32 Å². The van der Waals surface area contributed by atoms with Crippen molar-refractivity contribution < 1.29 is 13.2 Å². The van der Waals surface area contributed by atoms with Crippen molar-refractivity contribution in [1.82, 2.24) is 15.0 Å². The number of rotatable bonds is 3. The van der Waals surface area contributed by atoms with Gasteiger partial charge in [-0.3, -0.25) is 4.98 Å². The van der Waals surface area contributed by atoms with E-state index < -0.39 is 17.5 Å². The molecule has 134 valence electrons. The van der Waals surface area contributed by atoms with E-state index in [-0.39, 0.29) is 5.56 Å². The topological polar surface area (TPSA) is 50.7 Å². The minimum atomic E-state index is -1.23. The monoisotopic (exact) mass is 366 g/mol. The van der Waals surface area contributed by atoms with Gasteiger partial charge < -0.3 is 5.32 Å². The number of halogens is 3. The first-order chi connectivity index (χ1) is 13.1. The standard InChI is InChI=1S/C20H13F3N4/c1-24-20-13-5-4-11(14-8-16(22)17(23)9-15(14)21)7-18(13)26-19(27-20)12-3-2-6-25-10-12/h2-10H,1H3,(H,24,26,27). The lowest BCUT2D eigenvalue weighted by Gasteiger charge is -2.10. The van der Waals surface area contributed by atoms with Gasteiger partial charge in [0.1, 0.15) is 11.6 Å². The van der Waals surface area contributed by atoms with Crippen molar-refractivity contribution in [2.24, 2.45) is 0 Å². The molecular formula is C20H13F3N4. The molecule has 0 saturated carbocycles. The van der Waals surface area contributed by atoms with Crippen LogP contribution in [0.4, 0.5) is 19.0 Å². The minimum absolute atomic E-state index is 0.0386. The van der Waals surface area contributed by atoms with Crippen LogP contribution in [-0.2, 0) is 0 Å². The number of hydrogen-bond acceptors (Lipinski definition) is 4. The van der Waals surface area contributed by atoms with Crippen LogP contribution in [0.3, 0.4) is 0 Å². The highest BCUT2D eigenvalue weighted by molar-refractivity contribution is 5.93. The number of pyridine rings is 1. The summed E-state index contributed by atoms with van der Waals surface area (Å²) in [5.74, 6) is -2.14. The maximum atomic E-state index is 14.1. The third-order valence-electron chi connectivity index (χ3n) is 4.17. The van der Waals surface area contributed by atoms with Crippen molar-refractivity contribution in [3.63, 3.8) is 0 Å². The van der Waals surface area contributed by atoms with Crippen molar-refractivity contribution in [2.45, 2.75) is 0 Å². The highest BCUT2D eigenvalue weighted by atomic mass is 19.2. The van der Waals surface area contributed by atoms with Gasteiger partial charge in [0, 0.05) is 42.0 Å². The summed E-state index contributed by atoms with van der Waals surface area (Å²) in [7, 11) is 1.73. The molecule has 2 aromatic carbocycles. The van der Waals surface area contributed by atoms with Crippen LogP contribution in [0.15, 0.2) is 54.9 Å². The minimum Gasteiger partial charge on any atom is -0.373 e. The molecule has 2 aromatic heterocycles. The highest BCUT2D eigenvalue weighted by Gasteiger charge is 2.14. The van der Waals surface area contributed by atoms with Gasteiger partial charge in [0.05, 0.1) is 5.52 Å². The Morgan fingerprint density at radius 2 is 1.67 bits per heavy atom. The van der Waals surface area contributed by atoms with Gasteiger partial charge >= 0.3 is 0 Å². The average molecular weight is 366 g/mol. The molecule has 7 heteroatoms. The van der Waals surface area contributed by atoms with Gasteiger partial charge in [0.2, 0.25) is 0 Å². The van der Waals surface area contributed by atoms with E-state index in [9.17, 15) is 13.2 Å². The molecule has 0 saturated heterocycles. The second-order valence-corrected chi connectivity index (χ2v) is 5.87. The first kappa shape index (κ1) is 17.0. The number of aromatic nitrogens is 3. The molecule has 0 aliphatic heterocycles. The van der Waals surface area contributed by atoms with Crippen LogP contribution >= 0.6 is 0 Å². The Hall–Kier alpha value is -3.48. The Kier molecular flexibility index (Phi) is 4.19. The van der Waals surface area contributed by atoms with Gasteiger partial charge in [-0.25, -0.2) is 23.1 Å². The van der Waals surface area contributed by atoms with E-state index in [1.165, 1.54) is 0 Å². The molecule has 27 heavy (non-hydrogen) atoms. The Bertz CT molecular complexity index is 1150. The molecule has 2 heterocycles. The zero-order chi connectivity index (χ0) is 19.0. The van der Waals surface area contributed by atoms with Crippen molar-refractivity contribution in [3.8, 4) is 22.5 Å². The molecule has 0 aliphatic rings. The smallest absolute Gasteiger partial charge is 0.163 e. The fourth-order valence-electron chi connectivity index (χ4n) is 2.86. The van der Waals surface area contributed by atoms with Gasteiger partial charge in [-0.1, -0.05) is 6.07 Å². The summed E-state index contributed by atoms with van der Waals surface area (Å²) >= 11 is 0. The predicted molar refractivity (Wildman–Crippen MR) is 97.6 cm³/mol. The molecule has 4 aromatic rings. The van der Waals surface area contributed by atoms with E-state index in [1.54, 1.807) is 43.7 Å². The van der Waals surface area contributed by atoms with Gasteiger partial charge in [0.25, 0.3) is 0 Å². The Morgan fingerprint density at radius 3 is 2.41 bits per heavy atom. The van der Waals surface area contributed by atoms with Crippen LogP contribution in [0.2, 0.25) is 0 Å². The number of nitrogens with one attached hydrogen (secondary N) is 1. The number of hydrogen-bond donors (Lipinski definition) is 1. The van der Waals surface area contributed by atoms with Crippen LogP contribution in [0.25, 0.3) is 33.4 Å². The first-order valence-electron chi connectivity index (χ1n) is 8.11. The van der Waals surface area contributed by atoms with Crippen molar-refractivity contribution in [1.29, 1.82) is 0 Å². The molecule has 0 fully saturated rings. The summed E-state index contributed by atoms with van der Waals surface area (Å²) in [6.07, 6.45) is 3.28. The van der Waals surface area contributed by atoms with E-state index in [2.05, 4.69) is 20.3 Å². The van der Waals surface area contributed by atoms with Crippen LogP contribution in [-0.4, -0.2) is 22.0 Å². The molecule has 0 radical (unpaired) electrons. The third kappa shape index (κ3) is 3.08. The van der Waals surface area contributed by atoms with Gasteiger partial charge in [-0.05, 0) is 35.9 Å². The Morgan fingerprint density at radius 1 is 0.852 bits per heavy atom. The maximum absolute atomic E-state index is 14.1. The molecule has 0 spiro atoms. The van der Waals surface area contributed by atoms with Gasteiger partial charge in [-0.2, -0.15) is 0 Å². The van der Waals surface area contributed by atoms with E-state index in [0.29, 0.717) is 28.8 Å². The number of nitrogens with zero attached hydrogens (tertiary/aromatic N) is 3. The normalized spacial score (nSPS) is 11.0. The number of anilines is 1. The molecule has 0 aliphatic carbocycles. The highest BCUT2D eigenvalue weighted by Crippen LogP contribution is 2.31. The maximum Gasteiger partial charge on any atom is 0.163 e. The van der Waals surface area contributed by atoms with Crippen molar-refractivity contribution in [2.75, 3.05) is 12.4 Å². The number of fused-ring (bicyclic) bond motifs is 1. The SMILES string of the molecule is CNc1nc(-c2cccnc2)nc2cc(-c3cc(F)c(F)cc3F)ccc12. The molecule has 4 rings (SSSR count). The lowest BCUT2D eigenvalue weighted by Crippen LogP contribution is -1.99. The predicted octanol–water partition coefficient (Wildman–Crippen LogP) is 4.82. The molecule has 4 nitrogen and oxygen atoms in total. The summed E-state index contributed by atoms with van der Waals surface area (Å²) in [5, 5.41) is 3.73. The zero-order valence-electron chi connectivity index (χ0n) is 14.2. The van der Waals surface area contributed by atoms with E-state index in [0.717, 1.165) is 17.0 Å². The second-order valence-electron chi connectivity index (χ2n) is 5.87. The Balaban J connectivity index is 1.92. The molecule has 1 N–H and O–H groups in total. The van der Waals surface area contributed by atoms with Crippen molar-refractivity contribution in [3.05, 3.63) is 72.3 Å². The third-order valence-corrected chi connectivity index (χ3v) is 4.17. The summed E-state index contributed by atoms with van der Waals surface area (Å²) in [6, 6.07) is 9.92. The molecule has 0 unspecified atom stereocenters. The van der Waals surface area contributed by atoms with E-state index in [4.69, 9.17) is 0 Å². The van der Waals surface area contributed by atoms with Gasteiger partial charge in [-0.15, -0.1) is 0 Å². The summed E-state index contributed by atoms with van der Waals surface area (Å²) < 4.78 is 40.9. The Labute approximate surface area is 152 Å². The largest absolute Gasteiger partial charge is 0.373 e. The molecule has 0 atom stereocenters. The fourth-order valence-corrected chi connectivity index (χ4v) is 2.86. The summed E-state index contributed by atoms with van der Waals surface area (Å²) in [6.45, 7) is 0. The zero-order valence-corrected chi connectivity index (χ0v) is 14.2. The average Bonchev–Trinajstić information content (AvgIpc) is 2.70. The lowest BCUT2D eigenvalue weighted by atomic mass is 10.0. The second kappa shape index (κ2) is 6.68. The fraction of sp³-hybridized carbons (Fsp3) is 0.0500. The number of benzene rings is 2. The van der Waals surface area contributed by atoms with Crippen LogP contribution in [0.5, 0.6) is 0 Å². The van der Waals surface area contributed by atoms with Crippen LogP contribution in [0, 0.1) is 17.5 Å². The summed E-state index contributed by atoms with van der Waals surface area (Å²) in [5.41, 5.74) is 1.61. The van der Waals surface area contributed by atoms with E-state index in [1.807, 2.05) is 6.07 Å². The quantitative estimate of drug-likeness (QED) is 0.528. The molecule has 0 amide bonds. The first-order valence-corrected chi connectivity index (χ1v) is 8.11. The van der Waals surface area contributed by atoms with Crippen LogP contribution in [0.1, 0.15) is 0 Å². The van der Waals surface area contributed by atoms with Gasteiger partial charge in [0.15, 0.2) is 17.5 Å². The van der Waals surface area contributed by atoms with E-state index >= 15 is 0 Å².